The average molecular weight is 204 g/mol. The molecule has 0 radical (unpaired) electrons. The van der Waals surface area contributed by atoms with Crippen molar-refractivity contribution in [3.63, 3.8) is 0 Å². The molecule has 1 aromatic carbocycles. The number of carbonyl (C=O) groups excluding carboxylic acids is 1. The van der Waals surface area contributed by atoms with Crippen molar-refractivity contribution < 1.29 is 4.79 Å². The molecule has 0 atom stereocenters. The SMILES string of the molecule is Cc1c(N)cccc1C(=O)NCC1CC1. The second-order valence-corrected chi connectivity index (χ2v) is 4.17. The lowest BCUT2D eigenvalue weighted by Gasteiger charge is -2.08. The van der Waals surface area contributed by atoms with Gasteiger partial charge < -0.3 is 11.1 Å². The summed E-state index contributed by atoms with van der Waals surface area (Å²) in [6.45, 7) is 2.68. The zero-order valence-corrected chi connectivity index (χ0v) is 8.92. The van der Waals surface area contributed by atoms with E-state index in [-0.39, 0.29) is 5.91 Å². The standard InChI is InChI=1S/C12H16N2O/c1-8-10(3-2-4-11(8)13)12(15)14-7-9-5-6-9/h2-4,9H,5-7,13H2,1H3,(H,14,15). The van der Waals surface area contributed by atoms with Crippen LogP contribution in [-0.2, 0) is 0 Å². The van der Waals surface area contributed by atoms with E-state index in [0.717, 1.165) is 12.1 Å². The highest BCUT2D eigenvalue weighted by atomic mass is 16.1. The number of anilines is 1. The van der Waals surface area contributed by atoms with Crippen LogP contribution in [0.25, 0.3) is 0 Å². The number of hydrogen-bond donors (Lipinski definition) is 2. The quantitative estimate of drug-likeness (QED) is 0.736. The summed E-state index contributed by atoms with van der Waals surface area (Å²) in [4.78, 5) is 11.8. The Morgan fingerprint density at radius 2 is 2.27 bits per heavy atom. The van der Waals surface area contributed by atoms with Crippen molar-refractivity contribution in [3.8, 4) is 0 Å². The van der Waals surface area contributed by atoms with Crippen LogP contribution < -0.4 is 11.1 Å². The van der Waals surface area contributed by atoms with E-state index < -0.39 is 0 Å². The molecule has 3 heteroatoms. The number of nitrogens with one attached hydrogen (secondary N) is 1. The Balaban J connectivity index is 2.06. The van der Waals surface area contributed by atoms with Gasteiger partial charge in [-0.25, -0.2) is 0 Å². The Labute approximate surface area is 89.7 Å². The third-order valence-electron chi connectivity index (χ3n) is 2.87. The molecule has 3 N–H and O–H groups in total. The van der Waals surface area contributed by atoms with Gasteiger partial charge in [-0.05, 0) is 43.4 Å². The summed E-state index contributed by atoms with van der Waals surface area (Å²) in [6, 6.07) is 5.44. The first-order valence-electron chi connectivity index (χ1n) is 5.32. The Morgan fingerprint density at radius 3 is 2.93 bits per heavy atom. The fourth-order valence-corrected chi connectivity index (χ4v) is 1.55. The molecule has 0 heterocycles. The summed E-state index contributed by atoms with van der Waals surface area (Å²) < 4.78 is 0. The highest BCUT2D eigenvalue weighted by Gasteiger charge is 2.22. The zero-order chi connectivity index (χ0) is 10.8. The van der Waals surface area contributed by atoms with E-state index in [1.165, 1.54) is 12.8 Å². The summed E-state index contributed by atoms with van der Waals surface area (Å²) in [5, 5.41) is 2.93. The van der Waals surface area contributed by atoms with Crippen molar-refractivity contribution in [1.82, 2.24) is 5.32 Å². The van der Waals surface area contributed by atoms with Gasteiger partial charge in [0.15, 0.2) is 0 Å². The van der Waals surface area contributed by atoms with Crippen LogP contribution in [0, 0.1) is 12.8 Å². The molecule has 0 spiro atoms. The summed E-state index contributed by atoms with van der Waals surface area (Å²) >= 11 is 0. The Hall–Kier alpha value is -1.51. The highest BCUT2D eigenvalue weighted by molar-refractivity contribution is 5.96. The highest BCUT2D eigenvalue weighted by Crippen LogP contribution is 2.27. The van der Waals surface area contributed by atoms with Crippen LogP contribution in [0.15, 0.2) is 18.2 Å². The fraction of sp³-hybridized carbons (Fsp3) is 0.417. The minimum Gasteiger partial charge on any atom is -0.398 e. The smallest absolute Gasteiger partial charge is 0.251 e. The first-order valence-corrected chi connectivity index (χ1v) is 5.32. The van der Waals surface area contributed by atoms with E-state index in [1.807, 2.05) is 25.1 Å². The molecule has 80 valence electrons. The van der Waals surface area contributed by atoms with Crippen LogP contribution in [0.1, 0.15) is 28.8 Å². The van der Waals surface area contributed by atoms with Gasteiger partial charge in [-0.1, -0.05) is 6.07 Å². The summed E-state index contributed by atoms with van der Waals surface area (Å²) in [5.74, 6) is 0.696. The molecule has 0 aromatic heterocycles. The van der Waals surface area contributed by atoms with Crippen LogP contribution in [0.4, 0.5) is 5.69 Å². The molecule has 0 unspecified atom stereocenters. The van der Waals surface area contributed by atoms with Gasteiger partial charge >= 0.3 is 0 Å². The molecular formula is C12H16N2O. The van der Waals surface area contributed by atoms with Crippen molar-refractivity contribution in [3.05, 3.63) is 29.3 Å². The number of carbonyl (C=O) groups is 1. The van der Waals surface area contributed by atoms with Crippen LogP contribution in [-0.4, -0.2) is 12.5 Å². The molecule has 1 saturated carbocycles. The summed E-state index contributed by atoms with van der Waals surface area (Å²) in [7, 11) is 0. The first-order chi connectivity index (χ1) is 7.18. The van der Waals surface area contributed by atoms with E-state index in [4.69, 9.17) is 5.73 Å². The predicted octanol–water partition coefficient (Wildman–Crippen LogP) is 1.72. The van der Waals surface area contributed by atoms with Gasteiger partial charge in [0.25, 0.3) is 5.91 Å². The molecule has 1 aliphatic rings. The van der Waals surface area contributed by atoms with Crippen molar-refractivity contribution in [1.29, 1.82) is 0 Å². The van der Waals surface area contributed by atoms with Gasteiger partial charge in [0.05, 0.1) is 0 Å². The number of nitrogens with two attached hydrogens (primary N) is 1. The second-order valence-electron chi connectivity index (χ2n) is 4.17. The summed E-state index contributed by atoms with van der Waals surface area (Å²) in [5.41, 5.74) is 7.98. The molecule has 1 fully saturated rings. The lowest BCUT2D eigenvalue weighted by molar-refractivity contribution is 0.0951. The van der Waals surface area contributed by atoms with Crippen molar-refractivity contribution in [2.45, 2.75) is 19.8 Å². The molecule has 3 nitrogen and oxygen atoms in total. The number of rotatable bonds is 3. The third-order valence-corrected chi connectivity index (χ3v) is 2.87. The minimum absolute atomic E-state index is 0.00769. The average Bonchev–Trinajstić information content (AvgIpc) is 3.02. The molecule has 2 rings (SSSR count). The lowest BCUT2D eigenvalue weighted by atomic mass is 10.1. The van der Waals surface area contributed by atoms with Crippen molar-refractivity contribution in [2.24, 2.45) is 5.92 Å². The largest absolute Gasteiger partial charge is 0.398 e. The normalized spacial score (nSPS) is 15.0. The second kappa shape index (κ2) is 3.93. The Morgan fingerprint density at radius 1 is 1.53 bits per heavy atom. The fourth-order valence-electron chi connectivity index (χ4n) is 1.55. The number of nitrogen functional groups attached to an aromatic ring is 1. The number of amides is 1. The summed E-state index contributed by atoms with van der Waals surface area (Å²) in [6.07, 6.45) is 2.49. The maximum atomic E-state index is 11.8. The van der Waals surface area contributed by atoms with Gasteiger partial charge in [-0.15, -0.1) is 0 Å². The van der Waals surface area contributed by atoms with Crippen LogP contribution >= 0.6 is 0 Å². The van der Waals surface area contributed by atoms with Crippen molar-refractivity contribution in [2.75, 3.05) is 12.3 Å². The molecule has 1 aromatic rings. The third kappa shape index (κ3) is 2.29. The molecule has 1 aliphatic carbocycles. The first kappa shape index (κ1) is 10.0. The maximum absolute atomic E-state index is 11.8. The van der Waals surface area contributed by atoms with Crippen LogP contribution in [0.2, 0.25) is 0 Å². The van der Waals surface area contributed by atoms with E-state index >= 15 is 0 Å². The molecule has 15 heavy (non-hydrogen) atoms. The van der Waals surface area contributed by atoms with Gasteiger partial charge in [-0.2, -0.15) is 0 Å². The number of hydrogen-bond acceptors (Lipinski definition) is 2. The topological polar surface area (TPSA) is 55.1 Å². The molecule has 1 amide bonds. The van der Waals surface area contributed by atoms with Crippen LogP contribution in [0.5, 0.6) is 0 Å². The van der Waals surface area contributed by atoms with E-state index in [0.29, 0.717) is 17.2 Å². The lowest BCUT2D eigenvalue weighted by Crippen LogP contribution is -2.26. The van der Waals surface area contributed by atoms with E-state index in [9.17, 15) is 4.79 Å². The minimum atomic E-state index is -0.00769. The van der Waals surface area contributed by atoms with Crippen LogP contribution in [0.3, 0.4) is 0 Å². The van der Waals surface area contributed by atoms with Gasteiger partial charge in [0, 0.05) is 17.8 Å². The molecular weight excluding hydrogens is 188 g/mol. The molecule has 0 saturated heterocycles. The van der Waals surface area contributed by atoms with E-state index in [2.05, 4.69) is 5.32 Å². The van der Waals surface area contributed by atoms with Gasteiger partial charge in [0.1, 0.15) is 0 Å². The van der Waals surface area contributed by atoms with Crippen molar-refractivity contribution >= 4 is 11.6 Å². The van der Waals surface area contributed by atoms with Gasteiger partial charge in [0.2, 0.25) is 0 Å². The van der Waals surface area contributed by atoms with Gasteiger partial charge in [-0.3, -0.25) is 4.79 Å². The zero-order valence-electron chi connectivity index (χ0n) is 8.92. The predicted molar refractivity (Wildman–Crippen MR) is 60.6 cm³/mol. The monoisotopic (exact) mass is 204 g/mol. The molecule has 0 bridgehead atoms. The maximum Gasteiger partial charge on any atom is 0.251 e. The Bertz CT molecular complexity index is 383. The molecule has 0 aliphatic heterocycles. The Kier molecular flexibility index (Phi) is 2.62. The number of benzene rings is 1. The van der Waals surface area contributed by atoms with E-state index in [1.54, 1.807) is 0 Å².